The minimum atomic E-state index is -0.482. The van der Waals surface area contributed by atoms with Gasteiger partial charge < -0.3 is 10.2 Å². The predicted octanol–water partition coefficient (Wildman–Crippen LogP) is 1.99. The van der Waals surface area contributed by atoms with Gasteiger partial charge in [-0.05, 0) is 17.2 Å². The third-order valence-electron chi connectivity index (χ3n) is 6.06. The van der Waals surface area contributed by atoms with Crippen molar-refractivity contribution in [3.8, 4) is 0 Å². The second kappa shape index (κ2) is 7.88. The lowest BCUT2D eigenvalue weighted by Crippen LogP contribution is -2.69. The molecule has 6 nitrogen and oxygen atoms in total. The van der Waals surface area contributed by atoms with E-state index in [9.17, 15) is 9.59 Å². The number of aromatic nitrogens is 1. The summed E-state index contributed by atoms with van der Waals surface area (Å²) in [6.45, 7) is 2.57. The van der Waals surface area contributed by atoms with E-state index in [1.807, 2.05) is 48.7 Å². The highest BCUT2D eigenvalue weighted by molar-refractivity contribution is 5.97. The molecule has 1 aromatic heterocycles. The molecule has 2 aliphatic rings. The molecule has 0 radical (unpaired) electrons. The van der Waals surface area contributed by atoms with Crippen LogP contribution in [0.15, 0.2) is 66.9 Å². The average molecular weight is 400 g/mol. The Kier molecular flexibility index (Phi) is 4.93. The van der Waals surface area contributed by atoms with Gasteiger partial charge in [-0.25, -0.2) is 0 Å². The van der Waals surface area contributed by atoms with Gasteiger partial charge in [-0.3, -0.25) is 19.5 Å². The highest BCUT2D eigenvalue weighted by Crippen LogP contribution is 2.22. The molecule has 0 aliphatic carbocycles. The van der Waals surface area contributed by atoms with E-state index in [1.54, 1.807) is 4.90 Å². The van der Waals surface area contributed by atoms with Crippen LogP contribution in [-0.4, -0.2) is 58.3 Å². The molecule has 0 unspecified atom stereocenters. The quantitative estimate of drug-likeness (QED) is 0.728. The molecule has 30 heavy (non-hydrogen) atoms. The number of nitrogens with zero attached hydrogens (tertiary/aromatic N) is 3. The highest BCUT2D eigenvalue weighted by atomic mass is 16.2. The zero-order valence-corrected chi connectivity index (χ0v) is 16.7. The molecule has 2 aliphatic heterocycles. The second-order valence-electron chi connectivity index (χ2n) is 8.03. The van der Waals surface area contributed by atoms with Crippen molar-refractivity contribution in [3.63, 3.8) is 0 Å². The fraction of sp³-hybridized carbons (Fsp3) is 0.292. The Hall–Kier alpha value is -3.25. The van der Waals surface area contributed by atoms with Gasteiger partial charge in [0.2, 0.25) is 11.8 Å². The van der Waals surface area contributed by atoms with Crippen molar-refractivity contribution in [1.29, 1.82) is 0 Å². The van der Waals surface area contributed by atoms with Gasteiger partial charge in [0, 0.05) is 44.2 Å². The Bertz CT molecular complexity index is 1080. The van der Waals surface area contributed by atoms with Gasteiger partial charge in [-0.2, -0.15) is 0 Å². The number of nitrogens with one attached hydrogen (secondary N) is 1. The number of amides is 2. The number of hydrogen-bond acceptors (Lipinski definition) is 4. The van der Waals surface area contributed by atoms with Gasteiger partial charge >= 0.3 is 0 Å². The molecule has 0 spiro atoms. The maximum atomic E-state index is 13.0. The van der Waals surface area contributed by atoms with Crippen molar-refractivity contribution in [2.45, 2.75) is 25.0 Å². The van der Waals surface area contributed by atoms with Crippen molar-refractivity contribution in [2.24, 2.45) is 0 Å². The van der Waals surface area contributed by atoms with Gasteiger partial charge in [-0.15, -0.1) is 0 Å². The summed E-state index contributed by atoms with van der Waals surface area (Å²) in [5, 5.41) is 4.07. The second-order valence-corrected chi connectivity index (χ2v) is 8.03. The number of carbonyl (C=O) groups is 2. The molecule has 0 saturated carbocycles. The summed E-state index contributed by atoms with van der Waals surface area (Å²) in [5.41, 5.74) is 3.19. The van der Waals surface area contributed by atoms with E-state index in [4.69, 9.17) is 0 Å². The van der Waals surface area contributed by atoms with Gasteiger partial charge in [0.25, 0.3) is 0 Å². The first-order chi connectivity index (χ1) is 14.7. The lowest BCUT2D eigenvalue weighted by atomic mass is 9.98. The van der Waals surface area contributed by atoms with Crippen molar-refractivity contribution >= 4 is 22.7 Å². The van der Waals surface area contributed by atoms with E-state index in [1.165, 1.54) is 0 Å². The molecule has 2 amide bonds. The van der Waals surface area contributed by atoms with Crippen LogP contribution in [0.3, 0.4) is 0 Å². The summed E-state index contributed by atoms with van der Waals surface area (Å²) < 4.78 is 0. The van der Waals surface area contributed by atoms with Crippen molar-refractivity contribution in [1.82, 2.24) is 20.1 Å². The van der Waals surface area contributed by atoms with E-state index < -0.39 is 12.1 Å². The standard InChI is InChI=1S/C24H24N4O2/c29-23-21-16-27(15-19-9-4-8-18-10-5-11-25-22(18)19)12-13-28(21)24(30)20(26-23)14-17-6-2-1-3-7-17/h1-11,20-21H,12-16H2,(H,26,29)/t20-,21+/m0/s1. The van der Waals surface area contributed by atoms with Crippen LogP contribution >= 0.6 is 0 Å². The molecule has 6 heteroatoms. The first-order valence-electron chi connectivity index (χ1n) is 10.4. The molecular formula is C24H24N4O2. The molecule has 2 aromatic carbocycles. The van der Waals surface area contributed by atoms with E-state index in [-0.39, 0.29) is 11.8 Å². The third-order valence-corrected chi connectivity index (χ3v) is 6.06. The fourth-order valence-corrected chi connectivity index (χ4v) is 4.53. The summed E-state index contributed by atoms with van der Waals surface area (Å²) in [7, 11) is 0. The molecular weight excluding hydrogens is 376 g/mol. The Morgan fingerprint density at radius 2 is 1.80 bits per heavy atom. The zero-order valence-electron chi connectivity index (χ0n) is 16.7. The van der Waals surface area contributed by atoms with Gasteiger partial charge in [0.15, 0.2) is 0 Å². The number of rotatable bonds is 4. The molecule has 2 atom stereocenters. The Balaban J connectivity index is 1.29. The lowest BCUT2D eigenvalue weighted by molar-refractivity contribution is -0.153. The van der Waals surface area contributed by atoms with E-state index >= 15 is 0 Å². The first-order valence-corrected chi connectivity index (χ1v) is 10.4. The van der Waals surface area contributed by atoms with Crippen LogP contribution in [0.1, 0.15) is 11.1 Å². The number of benzene rings is 2. The minimum Gasteiger partial charge on any atom is -0.342 e. The summed E-state index contributed by atoms with van der Waals surface area (Å²) in [4.78, 5) is 34.4. The molecule has 0 bridgehead atoms. The number of para-hydroxylation sites is 1. The SMILES string of the molecule is O=C1N[C@@H](Cc2ccccc2)C(=O)N2CCN(Cc3cccc4cccnc34)C[C@H]12. The smallest absolute Gasteiger partial charge is 0.246 e. The van der Waals surface area contributed by atoms with Crippen molar-refractivity contribution in [2.75, 3.05) is 19.6 Å². The molecule has 2 fully saturated rings. The van der Waals surface area contributed by atoms with Crippen LogP contribution in [0.5, 0.6) is 0 Å². The number of fused-ring (bicyclic) bond motifs is 2. The van der Waals surface area contributed by atoms with E-state index in [2.05, 4.69) is 33.4 Å². The Morgan fingerprint density at radius 1 is 0.967 bits per heavy atom. The molecule has 5 rings (SSSR count). The zero-order chi connectivity index (χ0) is 20.5. The normalized spacial score (nSPS) is 22.1. The highest BCUT2D eigenvalue weighted by Gasteiger charge is 2.43. The van der Waals surface area contributed by atoms with Crippen LogP contribution in [0.2, 0.25) is 0 Å². The number of pyridine rings is 1. The van der Waals surface area contributed by atoms with Gasteiger partial charge in [0.05, 0.1) is 5.52 Å². The number of piperazine rings is 2. The van der Waals surface area contributed by atoms with Gasteiger partial charge in [0.1, 0.15) is 12.1 Å². The Labute approximate surface area is 175 Å². The summed E-state index contributed by atoms with van der Waals surface area (Å²) in [6, 6.07) is 19.1. The average Bonchev–Trinajstić information content (AvgIpc) is 2.78. The lowest BCUT2D eigenvalue weighted by Gasteiger charge is -2.45. The summed E-state index contributed by atoms with van der Waals surface area (Å²) >= 11 is 0. The van der Waals surface area contributed by atoms with E-state index in [0.717, 1.165) is 28.6 Å². The van der Waals surface area contributed by atoms with Crippen molar-refractivity contribution in [3.05, 3.63) is 78.0 Å². The number of carbonyl (C=O) groups excluding carboxylic acids is 2. The largest absolute Gasteiger partial charge is 0.342 e. The van der Waals surface area contributed by atoms with Gasteiger partial charge in [-0.1, -0.05) is 54.6 Å². The van der Waals surface area contributed by atoms with Crippen LogP contribution in [0.25, 0.3) is 10.9 Å². The molecule has 2 saturated heterocycles. The molecule has 3 aromatic rings. The molecule has 152 valence electrons. The van der Waals surface area contributed by atoms with E-state index in [0.29, 0.717) is 26.1 Å². The summed E-state index contributed by atoms with van der Waals surface area (Å²) in [6.07, 6.45) is 2.34. The van der Waals surface area contributed by atoms with Crippen LogP contribution in [0.4, 0.5) is 0 Å². The molecule has 1 N–H and O–H groups in total. The van der Waals surface area contributed by atoms with Crippen molar-refractivity contribution < 1.29 is 9.59 Å². The summed E-state index contributed by atoms with van der Waals surface area (Å²) in [5.74, 6) is -0.0359. The third kappa shape index (κ3) is 3.55. The predicted molar refractivity (Wildman–Crippen MR) is 115 cm³/mol. The van der Waals surface area contributed by atoms with Crippen LogP contribution < -0.4 is 5.32 Å². The fourth-order valence-electron chi connectivity index (χ4n) is 4.53. The topological polar surface area (TPSA) is 65.5 Å². The maximum absolute atomic E-state index is 13.0. The monoisotopic (exact) mass is 400 g/mol. The van der Waals surface area contributed by atoms with Crippen LogP contribution in [0, 0.1) is 0 Å². The molecule has 3 heterocycles. The number of hydrogen-bond donors (Lipinski definition) is 1. The maximum Gasteiger partial charge on any atom is 0.246 e. The Morgan fingerprint density at radius 3 is 2.67 bits per heavy atom. The first kappa shape index (κ1) is 18.8. The van der Waals surface area contributed by atoms with Crippen LogP contribution in [-0.2, 0) is 22.6 Å². The minimum absolute atomic E-state index is 0.0231.